The van der Waals surface area contributed by atoms with Gasteiger partial charge < -0.3 is 0 Å². The molecule has 1 heterocycles. The Balaban J connectivity index is 1.11. The molecule has 7 rings (SSSR count). The smallest absolute Gasteiger partial charge is 0.0153 e. The number of piperazine rings is 1. The number of rotatable bonds is 2. The van der Waals surface area contributed by atoms with Crippen molar-refractivity contribution in [2.45, 2.75) is 69.9 Å². The van der Waals surface area contributed by atoms with E-state index < -0.39 is 0 Å². The van der Waals surface area contributed by atoms with E-state index in [2.05, 4.69) is 9.80 Å². The summed E-state index contributed by atoms with van der Waals surface area (Å²) in [6, 6.07) is 1.97. The molecule has 0 N–H and O–H groups in total. The lowest BCUT2D eigenvalue weighted by molar-refractivity contribution is -0.0805. The first-order chi connectivity index (χ1) is 11.3. The number of nitrogens with zero attached hydrogens (tertiary/aromatic N) is 2. The molecule has 7 fully saturated rings. The fourth-order valence-corrected chi connectivity index (χ4v) is 8.52. The van der Waals surface area contributed by atoms with Gasteiger partial charge in [-0.3, -0.25) is 9.80 Å². The molecule has 0 spiro atoms. The molecule has 2 heteroatoms. The van der Waals surface area contributed by atoms with Gasteiger partial charge in [0.15, 0.2) is 0 Å². The maximum Gasteiger partial charge on any atom is 0.0153 e. The summed E-state index contributed by atoms with van der Waals surface area (Å²) in [5.74, 6) is 6.61. The van der Waals surface area contributed by atoms with Crippen molar-refractivity contribution in [2.75, 3.05) is 26.2 Å². The Kier molecular flexibility index (Phi) is 3.20. The number of hydrogen-bond acceptors (Lipinski definition) is 2. The summed E-state index contributed by atoms with van der Waals surface area (Å²) in [5, 5.41) is 0. The lowest BCUT2D eigenvalue weighted by Crippen LogP contribution is -2.61. The molecule has 0 aromatic heterocycles. The molecule has 6 saturated carbocycles. The van der Waals surface area contributed by atoms with Crippen molar-refractivity contribution >= 4 is 0 Å². The van der Waals surface area contributed by atoms with E-state index in [9.17, 15) is 0 Å². The second kappa shape index (κ2) is 5.21. The van der Waals surface area contributed by atoms with Crippen LogP contribution in [0.2, 0.25) is 0 Å². The molecule has 0 unspecified atom stereocenters. The standard InChI is InChI=1S/C21H34N2/c1-2-17-8-14(1)13-20(17)22-3-5-23(6-4-22)21-18-9-15-7-16(11-18)12-19(21)10-15/h14-21H,1-13H2/t14-,15?,16?,17+,18?,19?,20+,21?/m1/s1. The predicted octanol–water partition coefficient (Wildman–Crippen LogP) is 3.62. The topological polar surface area (TPSA) is 6.48 Å². The van der Waals surface area contributed by atoms with Crippen LogP contribution in [0.5, 0.6) is 0 Å². The molecule has 0 radical (unpaired) electrons. The average molecular weight is 315 g/mol. The van der Waals surface area contributed by atoms with E-state index in [1.165, 1.54) is 26.2 Å². The maximum atomic E-state index is 2.97. The van der Waals surface area contributed by atoms with Crippen molar-refractivity contribution in [3.05, 3.63) is 0 Å². The molecule has 0 aromatic rings. The molecular formula is C21H34N2. The maximum absolute atomic E-state index is 2.97. The highest BCUT2D eigenvalue weighted by atomic mass is 15.3. The Morgan fingerprint density at radius 3 is 1.65 bits per heavy atom. The molecule has 2 nitrogen and oxygen atoms in total. The first-order valence-electron chi connectivity index (χ1n) is 10.8. The monoisotopic (exact) mass is 314 g/mol. The van der Waals surface area contributed by atoms with E-state index in [4.69, 9.17) is 0 Å². The van der Waals surface area contributed by atoms with Crippen molar-refractivity contribution in [1.82, 2.24) is 9.80 Å². The van der Waals surface area contributed by atoms with Gasteiger partial charge >= 0.3 is 0 Å². The Morgan fingerprint density at radius 1 is 0.478 bits per heavy atom. The van der Waals surface area contributed by atoms with E-state index in [1.807, 2.05) is 0 Å². The molecule has 6 bridgehead atoms. The summed E-state index contributed by atoms with van der Waals surface area (Å²) < 4.78 is 0. The molecule has 23 heavy (non-hydrogen) atoms. The Bertz CT molecular complexity index is 438. The molecule has 128 valence electrons. The Hall–Kier alpha value is -0.0800. The third-order valence-corrected chi connectivity index (χ3v) is 9.12. The third kappa shape index (κ3) is 2.20. The minimum absolute atomic E-state index is 0.981. The van der Waals surface area contributed by atoms with Crippen LogP contribution in [0.1, 0.15) is 57.8 Å². The van der Waals surface area contributed by atoms with Crippen LogP contribution >= 0.6 is 0 Å². The first kappa shape index (κ1) is 14.1. The second-order valence-corrected chi connectivity index (χ2v) is 10.2. The van der Waals surface area contributed by atoms with Gasteiger partial charge in [-0.1, -0.05) is 6.42 Å². The van der Waals surface area contributed by atoms with Crippen molar-refractivity contribution in [3.63, 3.8) is 0 Å². The normalized spacial score (nSPS) is 55.8. The van der Waals surface area contributed by atoms with Gasteiger partial charge in [0.2, 0.25) is 0 Å². The van der Waals surface area contributed by atoms with Crippen LogP contribution in [-0.4, -0.2) is 48.1 Å². The van der Waals surface area contributed by atoms with Crippen LogP contribution < -0.4 is 0 Å². The minimum atomic E-state index is 0.981. The predicted molar refractivity (Wildman–Crippen MR) is 93.2 cm³/mol. The van der Waals surface area contributed by atoms with Gasteiger partial charge in [-0.15, -0.1) is 0 Å². The number of fused-ring (bicyclic) bond motifs is 2. The van der Waals surface area contributed by atoms with E-state index in [0.29, 0.717) is 0 Å². The van der Waals surface area contributed by atoms with E-state index in [1.54, 1.807) is 57.8 Å². The van der Waals surface area contributed by atoms with Crippen LogP contribution in [0.25, 0.3) is 0 Å². The SMILES string of the molecule is C1C2CC3CC1CC(C2)C3N1CCN([C@H]2C[C@@H]3CC[C@H]2C3)CC1. The van der Waals surface area contributed by atoms with Crippen molar-refractivity contribution in [3.8, 4) is 0 Å². The molecule has 1 saturated heterocycles. The van der Waals surface area contributed by atoms with Crippen LogP contribution in [0.3, 0.4) is 0 Å². The highest BCUT2D eigenvalue weighted by molar-refractivity contribution is 5.03. The third-order valence-electron chi connectivity index (χ3n) is 9.12. The fourth-order valence-electron chi connectivity index (χ4n) is 8.52. The van der Waals surface area contributed by atoms with Gasteiger partial charge in [0.05, 0.1) is 0 Å². The van der Waals surface area contributed by atoms with E-state index >= 15 is 0 Å². The summed E-state index contributed by atoms with van der Waals surface area (Å²) in [5.41, 5.74) is 0. The van der Waals surface area contributed by atoms with Gasteiger partial charge in [-0.25, -0.2) is 0 Å². The highest BCUT2D eigenvalue weighted by Gasteiger charge is 2.51. The average Bonchev–Trinajstić information content (AvgIpc) is 3.17. The zero-order valence-electron chi connectivity index (χ0n) is 14.7. The van der Waals surface area contributed by atoms with Gasteiger partial charge in [-0.05, 0) is 86.9 Å². The Labute approximate surface area is 142 Å². The van der Waals surface area contributed by atoms with Crippen molar-refractivity contribution in [2.24, 2.45) is 35.5 Å². The summed E-state index contributed by atoms with van der Waals surface area (Å²) >= 11 is 0. The minimum Gasteiger partial charge on any atom is -0.298 e. The Morgan fingerprint density at radius 2 is 1.09 bits per heavy atom. The van der Waals surface area contributed by atoms with Crippen molar-refractivity contribution in [1.29, 1.82) is 0 Å². The van der Waals surface area contributed by atoms with Gasteiger partial charge in [0.25, 0.3) is 0 Å². The highest BCUT2D eigenvalue weighted by Crippen LogP contribution is 2.55. The molecule has 3 atom stereocenters. The summed E-state index contributed by atoms with van der Waals surface area (Å²) in [6.07, 6.45) is 14.2. The summed E-state index contributed by atoms with van der Waals surface area (Å²) in [4.78, 5) is 5.88. The van der Waals surface area contributed by atoms with Gasteiger partial charge in [-0.2, -0.15) is 0 Å². The molecular weight excluding hydrogens is 280 g/mol. The quantitative estimate of drug-likeness (QED) is 0.768. The van der Waals surface area contributed by atoms with E-state index in [-0.39, 0.29) is 0 Å². The molecule has 6 aliphatic carbocycles. The molecule has 0 amide bonds. The molecule has 1 aliphatic heterocycles. The van der Waals surface area contributed by atoms with Crippen LogP contribution in [0.4, 0.5) is 0 Å². The first-order valence-corrected chi connectivity index (χ1v) is 10.8. The van der Waals surface area contributed by atoms with Crippen LogP contribution in [0.15, 0.2) is 0 Å². The van der Waals surface area contributed by atoms with Crippen LogP contribution in [0, 0.1) is 35.5 Å². The lowest BCUT2D eigenvalue weighted by atomic mass is 9.54. The molecule has 7 aliphatic rings. The lowest BCUT2D eigenvalue weighted by Gasteiger charge is -2.58. The van der Waals surface area contributed by atoms with Gasteiger partial charge in [0.1, 0.15) is 0 Å². The van der Waals surface area contributed by atoms with E-state index in [0.717, 1.165) is 47.6 Å². The number of hydrogen-bond donors (Lipinski definition) is 0. The zero-order chi connectivity index (χ0) is 15.0. The fraction of sp³-hybridized carbons (Fsp3) is 1.00. The second-order valence-electron chi connectivity index (χ2n) is 10.2. The van der Waals surface area contributed by atoms with Crippen LogP contribution in [-0.2, 0) is 0 Å². The van der Waals surface area contributed by atoms with Crippen molar-refractivity contribution < 1.29 is 0 Å². The van der Waals surface area contributed by atoms with Gasteiger partial charge in [0, 0.05) is 38.3 Å². The largest absolute Gasteiger partial charge is 0.298 e. The summed E-state index contributed by atoms with van der Waals surface area (Å²) in [7, 11) is 0. The summed E-state index contributed by atoms with van der Waals surface area (Å²) in [6.45, 7) is 5.55. The zero-order valence-corrected chi connectivity index (χ0v) is 14.7. The molecule has 0 aromatic carbocycles.